The third-order valence-electron chi connectivity index (χ3n) is 5.33. The van der Waals surface area contributed by atoms with Gasteiger partial charge in [-0.1, -0.05) is 41.9 Å². The highest BCUT2D eigenvalue weighted by atomic mass is 35.5. The van der Waals surface area contributed by atoms with Crippen molar-refractivity contribution in [3.05, 3.63) is 53.3 Å². The van der Waals surface area contributed by atoms with Crippen LogP contribution in [0, 0.1) is 0 Å². The van der Waals surface area contributed by atoms with Gasteiger partial charge in [0.1, 0.15) is 16.3 Å². The maximum absolute atomic E-state index is 12.5. The summed E-state index contributed by atoms with van der Waals surface area (Å²) < 4.78 is 13.2. The first-order chi connectivity index (χ1) is 16.0. The van der Waals surface area contributed by atoms with Crippen LogP contribution in [0.4, 0.5) is 4.79 Å². The number of hydrogen-bond donors (Lipinski definition) is 2. The van der Waals surface area contributed by atoms with Gasteiger partial charge in [0.15, 0.2) is 0 Å². The Bertz CT molecular complexity index is 1110. The van der Waals surface area contributed by atoms with E-state index in [9.17, 15) is 9.90 Å². The molecule has 9 heteroatoms. The molecule has 0 aliphatic rings. The molecule has 2 aromatic heterocycles. The minimum absolute atomic E-state index is 0.307. The van der Waals surface area contributed by atoms with Gasteiger partial charge >= 0.3 is 6.09 Å². The number of nitrogens with one attached hydrogen (secondary N) is 1. The average molecular weight is 489 g/mol. The second-order valence-electron chi connectivity index (χ2n) is 9.45. The number of aryl methyl sites for hydroxylation is 1. The topological polar surface area (TPSA) is 98.5 Å². The molecule has 0 aliphatic carbocycles. The molecular weight excluding hydrogens is 456 g/mol. The van der Waals surface area contributed by atoms with Gasteiger partial charge in [-0.2, -0.15) is 10.1 Å². The molecular formula is C25H33ClN4O4. The van der Waals surface area contributed by atoms with Crippen LogP contribution in [-0.2, 0) is 11.3 Å². The summed E-state index contributed by atoms with van der Waals surface area (Å²) in [4.78, 5) is 16.8. The van der Waals surface area contributed by atoms with E-state index in [0.717, 1.165) is 16.5 Å². The van der Waals surface area contributed by atoms with Gasteiger partial charge in [-0.3, -0.25) is 4.68 Å². The van der Waals surface area contributed by atoms with Crippen molar-refractivity contribution in [3.8, 4) is 5.88 Å². The summed E-state index contributed by atoms with van der Waals surface area (Å²) in [6.45, 7) is 10.1. The SMILES string of the molecule is CCn1ncc2cc(Cl)nc(OCCCC(C)(O)C(NC(=O)OC(C)(C)C)c3ccccc3)c21. The monoisotopic (exact) mass is 488 g/mol. The molecule has 0 fully saturated rings. The lowest BCUT2D eigenvalue weighted by Gasteiger charge is -2.34. The Morgan fingerprint density at radius 3 is 2.59 bits per heavy atom. The number of ether oxygens (including phenoxy) is 2. The molecule has 0 bridgehead atoms. The summed E-state index contributed by atoms with van der Waals surface area (Å²) in [5, 5.41) is 19.7. The Balaban J connectivity index is 1.70. The van der Waals surface area contributed by atoms with Gasteiger partial charge in [0, 0.05) is 11.9 Å². The molecule has 2 N–H and O–H groups in total. The van der Waals surface area contributed by atoms with E-state index >= 15 is 0 Å². The smallest absolute Gasteiger partial charge is 0.408 e. The number of aromatic nitrogens is 3. The van der Waals surface area contributed by atoms with Gasteiger partial charge in [0.25, 0.3) is 0 Å². The maximum Gasteiger partial charge on any atom is 0.408 e. The van der Waals surface area contributed by atoms with Crippen LogP contribution >= 0.6 is 11.6 Å². The van der Waals surface area contributed by atoms with Crippen molar-refractivity contribution in [1.82, 2.24) is 20.1 Å². The highest BCUT2D eigenvalue weighted by molar-refractivity contribution is 6.30. The molecule has 0 saturated heterocycles. The lowest BCUT2D eigenvalue weighted by molar-refractivity contribution is -0.00431. The molecule has 2 unspecified atom stereocenters. The second kappa shape index (κ2) is 10.6. The lowest BCUT2D eigenvalue weighted by atomic mass is 9.86. The van der Waals surface area contributed by atoms with E-state index in [4.69, 9.17) is 21.1 Å². The first-order valence-corrected chi connectivity index (χ1v) is 11.8. The summed E-state index contributed by atoms with van der Waals surface area (Å²) in [5.74, 6) is 0.410. The molecule has 2 atom stereocenters. The zero-order valence-electron chi connectivity index (χ0n) is 20.3. The van der Waals surface area contributed by atoms with Crippen molar-refractivity contribution in [2.75, 3.05) is 6.61 Å². The third kappa shape index (κ3) is 6.61. The first-order valence-electron chi connectivity index (χ1n) is 11.4. The average Bonchev–Trinajstić information content (AvgIpc) is 3.17. The molecule has 1 aromatic carbocycles. The fourth-order valence-corrected chi connectivity index (χ4v) is 4.00. The van der Waals surface area contributed by atoms with Crippen molar-refractivity contribution >= 4 is 28.6 Å². The van der Waals surface area contributed by atoms with E-state index in [1.165, 1.54) is 0 Å². The van der Waals surface area contributed by atoms with Gasteiger partial charge < -0.3 is 19.9 Å². The number of alkyl carbamates (subject to hydrolysis) is 1. The Kier molecular flexibility index (Phi) is 8.05. The lowest BCUT2D eigenvalue weighted by Crippen LogP contribution is -2.46. The van der Waals surface area contributed by atoms with Crippen LogP contribution in [0.1, 0.15) is 59.1 Å². The molecule has 184 valence electrons. The van der Waals surface area contributed by atoms with Gasteiger partial charge in [-0.05, 0) is 59.1 Å². The minimum atomic E-state index is -1.26. The van der Waals surface area contributed by atoms with Gasteiger partial charge in [0.2, 0.25) is 5.88 Å². The van der Waals surface area contributed by atoms with Gasteiger partial charge in [-0.15, -0.1) is 0 Å². The Morgan fingerprint density at radius 2 is 1.94 bits per heavy atom. The van der Waals surface area contributed by atoms with Crippen LogP contribution in [-0.4, -0.2) is 43.8 Å². The number of aliphatic hydroxyl groups is 1. The number of fused-ring (bicyclic) bond motifs is 1. The van der Waals surface area contributed by atoms with Crippen LogP contribution in [0.25, 0.3) is 10.9 Å². The molecule has 0 saturated carbocycles. The van der Waals surface area contributed by atoms with Crippen molar-refractivity contribution in [1.29, 1.82) is 0 Å². The first kappa shape index (κ1) is 25.8. The predicted octanol–water partition coefficient (Wildman–Crippen LogP) is 5.28. The molecule has 3 rings (SSSR count). The molecule has 34 heavy (non-hydrogen) atoms. The number of halogens is 1. The van der Waals surface area contributed by atoms with Crippen LogP contribution < -0.4 is 10.1 Å². The number of rotatable bonds is 9. The van der Waals surface area contributed by atoms with Crippen LogP contribution in [0.2, 0.25) is 5.15 Å². The van der Waals surface area contributed by atoms with E-state index < -0.39 is 23.3 Å². The Morgan fingerprint density at radius 1 is 1.24 bits per heavy atom. The zero-order chi connectivity index (χ0) is 24.9. The van der Waals surface area contributed by atoms with E-state index in [0.29, 0.717) is 37.0 Å². The molecule has 1 amide bonds. The third-order valence-corrected chi connectivity index (χ3v) is 5.53. The fourth-order valence-electron chi connectivity index (χ4n) is 3.80. The number of nitrogens with zero attached hydrogens (tertiary/aromatic N) is 3. The number of amides is 1. The van der Waals surface area contributed by atoms with Crippen molar-refractivity contribution in [2.45, 2.75) is 71.2 Å². The Labute approximate surface area is 205 Å². The number of carbonyl (C=O) groups is 1. The highest BCUT2D eigenvalue weighted by Crippen LogP contribution is 2.31. The molecule has 8 nitrogen and oxygen atoms in total. The zero-order valence-corrected chi connectivity index (χ0v) is 21.1. The molecule has 0 spiro atoms. The fraction of sp³-hybridized carbons (Fsp3) is 0.480. The van der Waals surface area contributed by atoms with Crippen molar-refractivity contribution < 1.29 is 19.4 Å². The number of benzene rings is 1. The maximum atomic E-state index is 12.5. The number of carbonyl (C=O) groups excluding carboxylic acids is 1. The number of pyridine rings is 1. The molecule has 3 aromatic rings. The summed E-state index contributed by atoms with van der Waals surface area (Å²) in [6, 6.07) is 10.4. The van der Waals surface area contributed by atoms with Gasteiger partial charge in [-0.25, -0.2) is 4.79 Å². The highest BCUT2D eigenvalue weighted by Gasteiger charge is 2.35. The summed E-state index contributed by atoms with van der Waals surface area (Å²) in [5.41, 5.74) is -0.341. The standard InChI is InChI=1S/C25H33ClN4O4/c1-6-30-20-18(16-27-30)15-19(26)28-22(20)33-14-10-13-25(5,32)21(17-11-8-7-9-12-17)29-23(31)34-24(2,3)4/h7-9,11-12,15-16,21,32H,6,10,13-14H2,1-5H3,(H,29,31). The molecule has 0 aliphatic heterocycles. The van der Waals surface area contributed by atoms with Crippen molar-refractivity contribution in [3.63, 3.8) is 0 Å². The van der Waals surface area contributed by atoms with Crippen LogP contribution in [0.3, 0.4) is 0 Å². The predicted molar refractivity (Wildman–Crippen MR) is 132 cm³/mol. The van der Waals surface area contributed by atoms with E-state index in [2.05, 4.69) is 15.4 Å². The molecule has 0 radical (unpaired) electrons. The van der Waals surface area contributed by atoms with E-state index in [1.54, 1.807) is 44.6 Å². The second-order valence-corrected chi connectivity index (χ2v) is 9.83. The van der Waals surface area contributed by atoms with Crippen LogP contribution in [0.15, 0.2) is 42.6 Å². The normalized spacial score (nSPS) is 14.4. The quantitative estimate of drug-likeness (QED) is 0.314. The van der Waals surface area contributed by atoms with E-state index in [1.807, 2.05) is 37.3 Å². The van der Waals surface area contributed by atoms with Crippen molar-refractivity contribution in [2.24, 2.45) is 0 Å². The summed E-state index contributed by atoms with van der Waals surface area (Å²) in [6.07, 6.45) is 2.02. The minimum Gasteiger partial charge on any atom is -0.476 e. The summed E-state index contributed by atoms with van der Waals surface area (Å²) >= 11 is 6.15. The number of hydrogen-bond acceptors (Lipinski definition) is 6. The van der Waals surface area contributed by atoms with Crippen LogP contribution in [0.5, 0.6) is 5.88 Å². The largest absolute Gasteiger partial charge is 0.476 e. The van der Waals surface area contributed by atoms with E-state index in [-0.39, 0.29) is 0 Å². The summed E-state index contributed by atoms with van der Waals surface area (Å²) in [7, 11) is 0. The Hall–Kier alpha value is -2.84. The molecule has 2 heterocycles. The van der Waals surface area contributed by atoms with Gasteiger partial charge in [0.05, 0.1) is 24.4 Å².